The largest absolute Gasteiger partial charge is 0.383 e. The average molecular weight is 336 g/mol. The topological polar surface area (TPSA) is 15.7 Å². The molecule has 3 nitrogen and oxygen atoms in total. The van der Waals surface area contributed by atoms with Crippen LogP contribution in [-0.2, 0) is 17.8 Å². The van der Waals surface area contributed by atoms with Gasteiger partial charge in [-0.2, -0.15) is 0 Å². The van der Waals surface area contributed by atoms with E-state index >= 15 is 0 Å². The van der Waals surface area contributed by atoms with Crippen molar-refractivity contribution in [2.45, 2.75) is 37.5 Å². The fourth-order valence-electron chi connectivity index (χ4n) is 4.77. The summed E-state index contributed by atoms with van der Waals surface area (Å²) in [7, 11) is 1.85. The Hall–Kier alpha value is -1.68. The lowest BCUT2D eigenvalue weighted by atomic mass is 9.94. The number of hydrogen-bond donors (Lipinski definition) is 0. The molecule has 0 aliphatic carbocycles. The minimum Gasteiger partial charge on any atom is -0.383 e. The van der Waals surface area contributed by atoms with Gasteiger partial charge in [0.2, 0.25) is 0 Å². The Morgan fingerprint density at radius 2 is 1.60 bits per heavy atom. The van der Waals surface area contributed by atoms with Crippen molar-refractivity contribution < 1.29 is 4.74 Å². The molecule has 0 amide bonds. The van der Waals surface area contributed by atoms with Gasteiger partial charge in [-0.1, -0.05) is 60.7 Å². The second-order valence-corrected chi connectivity index (χ2v) is 7.62. The zero-order valence-electron chi connectivity index (χ0n) is 15.1. The van der Waals surface area contributed by atoms with Crippen LogP contribution >= 0.6 is 0 Å². The van der Waals surface area contributed by atoms with E-state index in [1.54, 1.807) is 0 Å². The first-order valence-corrected chi connectivity index (χ1v) is 9.35. The minimum atomic E-state index is 0.155. The van der Waals surface area contributed by atoms with Crippen molar-refractivity contribution in [3.8, 4) is 0 Å². The first-order chi connectivity index (χ1) is 12.3. The summed E-state index contributed by atoms with van der Waals surface area (Å²) in [6.07, 6.45) is 2.52. The Kier molecular flexibility index (Phi) is 4.89. The molecule has 3 heteroatoms. The molecule has 2 fully saturated rings. The zero-order chi connectivity index (χ0) is 17.1. The highest BCUT2D eigenvalue weighted by Crippen LogP contribution is 2.40. The molecule has 4 rings (SSSR count). The summed E-state index contributed by atoms with van der Waals surface area (Å²) in [5.41, 5.74) is 2.97. The van der Waals surface area contributed by atoms with Gasteiger partial charge in [0.15, 0.2) is 0 Å². The van der Waals surface area contributed by atoms with Gasteiger partial charge in [-0.3, -0.25) is 9.80 Å². The molecule has 0 N–H and O–H groups in total. The van der Waals surface area contributed by atoms with E-state index in [-0.39, 0.29) is 5.54 Å². The Balaban J connectivity index is 1.53. The number of hydrogen-bond acceptors (Lipinski definition) is 3. The predicted molar refractivity (Wildman–Crippen MR) is 101 cm³/mol. The molecule has 0 spiro atoms. The number of methoxy groups -OCH3 is 1. The molecular weight excluding hydrogens is 308 g/mol. The third kappa shape index (κ3) is 3.50. The normalized spacial score (nSPS) is 26.8. The molecule has 132 valence electrons. The van der Waals surface area contributed by atoms with E-state index in [9.17, 15) is 0 Å². The number of ether oxygens (including phenoxy) is 1. The summed E-state index contributed by atoms with van der Waals surface area (Å²) in [6, 6.07) is 22.4. The summed E-state index contributed by atoms with van der Waals surface area (Å²) in [5, 5.41) is 0. The second-order valence-electron chi connectivity index (χ2n) is 7.62. The monoisotopic (exact) mass is 336 g/mol. The van der Waals surface area contributed by atoms with E-state index < -0.39 is 0 Å². The van der Waals surface area contributed by atoms with Crippen molar-refractivity contribution >= 4 is 0 Å². The highest BCUT2D eigenvalue weighted by molar-refractivity contribution is 5.19. The molecule has 2 aliphatic rings. The number of piperazine rings is 1. The quantitative estimate of drug-likeness (QED) is 0.802. The third-order valence-corrected chi connectivity index (χ3v) is 5.84. The summed E-state index contributed by atoms with van der Waals surface area (Å²) in [5.74, 6) is 0. The Morgan fingerprint density at radius 1 is 0.960 bits per heavy atom. The lowest BCUT2D eigenvalue weighted by molar-refractivity contribution is -0.0494. The summed E-state index contributed by atoms with van der Waals surface area (Å²) >= 11 is 0. The maximum absolute atomic E-state index is 5.70. The van der Waals surface area contributed by atoms with E-state index in [2.05, 4.69) is 70.5 Å². The van der Waals surface area contributed by atoms with E-state index in [1.165, 1.54) is 24.0 Å². The van der Waals surface area contributed by atoms with E-state index in [0.29, 0.717) is 6.04 Å². The SMILES string of the molecule is COCC12CCC(CN(Cc3ccccc3)C1)N2Cc1ccccc1. The number of benzene rings is 2. The fraction of sp³-hybridized carbons (Fsp3) is 0.455. The Labute approximate surface area is 151 Å². The van der Waals surface area contributed by atoms with Crippen molar-refractivity contribution in [2.24, 2.45) is 0 Å². The smallest absolute Gasteiger partial charge is 0.0659 e. The van der Waals surface area contributed by atoms with Gasteiger partial charge in [0.05, 0.1) is 12.1 Å². The first-order valence-electron chi connectivity index (χ1n) is 9.35. The van der Waals surface area contributed by atoms with Gasteiger partial charge < -0.3 is 4.74 Å². The molecule has 2 aliphatic heterocycles. The van der Waals surface area contributed by atoms with Crippen LogP contribution in [0.3, 0.4) is 0 Å². The maximum atomic E-state index is 5.70. The van der Waals surface area contributed by atoms with Crippen LogP contribution in [-0.4, -0.2) is 48.2 Å². The van der Waals surface area contributed by atoms with Crippen LogP contribution < -0.4 is 0 Å². The van der Waals surface area contributed by atoms with Gasteiger partial charge in [0.25, 0.3) is 0 Å². The summed E-state index contributed by atoms with van der Waals surface area (Å²) in [4.78, 5) is 5.36. The summed E-state index contributed by atoms with van der Waals surface area (Å²) < 4.78 is 5.70. The van der Waals surface area contributed by atoms with Crippen LogP contribution in [0.2, 0.25) is 0 Å². The van der Waals surface area contributed by atoms with Gasteiger partial charge in [-0.15, -0.1) is 0 Å². The number of fused-ring (bicyclic) bond motifs is 2. The second kappa shape index (κ2) is 7.28. The van der Waals surface area contributed by atoms with Crippen molar-refractivity contribution in [2.75, 3.05) is 26.8 Å². The lowest BCUT2D eigenvalue weighted by Crippen LogP contribution is -2.62. The summed E-state index contributed by atoms with van der Waals surface area (Å²) in [6.45, 7) is 5.16. The predicted octanol–water partition coefficient (Wildman–Crippen LogP) is 3.55. The minimum absolute atomic E-state index is 0.155. The number of likely N-dealkylation sites (tertiary alicyclic amines) is 1. The first kappa shape index (κ1) is 16.8. The van der Waals surface area contributed by atoms with Crippen LogP contribution in [0.5, 0.6) is 0 Å². The molecular formula is C22H28N2O. The standard InChI is InChI=1S/C22H28N2O/c1-25-18-22-13-12-21(24(22)15-20-10-6-3-7-11-20)16-23(17-22)14-19-8-4-2-5-9-19/h2-11,21H,12-18H2,1H3. The molecule has 2 bridgehead atoms. The molecule has 2 atom stereocenters. The van der Waals surface area contributed by atoms with Gasteiger partial charge >= 0.3 is 0 Å². The Morgan fingerprint density at radius 3 is 2.24 bits per heavy atom. The molecule has 0 aromatic heterocycles. The number of rotatable bonds is 6. The molecule has 2 aromatic rings. The molecule has 2 aromatic carbocycles. The van der Waals surface area contributed by atoms with E-state index in [1.807, 2.05) is 7.11 Å². The third-order valence-electron chi connectivity index (χ3n) is 5.84. The molecule has 0 saturated carbocycles. The van der Waals surface area contributed by atoms with Crippen LogP contribution in [0.4, 0.5) is 0 Å². The zero-order valence-corrected chi connectivity index (χ0v) is 15.1. The molecule has 2 saturated heterocycles. The van der Waals surface area contributed by atoms with Crippen LogP contribution in [0.15, 0.2) is 60.7 Å². The van der Waals surface area contributed by atoms with Gasteiger partial charge in [0.1, 0.15) is 0 Å². The lowest BCUT2D eigenvalue weighted by Gasteiger charge is -2.49. The van der Waals surface area contributed by atoms with E-state index in [0.717, 1.165) is 32.8 Å². The molecule has 0 radical (unpaired) electrons. The Bertz CT molecular complexity index is 671. The van der Waals surface area contributed by atoms with Crippen molar-refractivity contribution in [1.29, 1.82) is 0 Å². The van der Waals surface area contributed by atoms with Gasteiger partial charge in [-0.25, -0.2) is 0 Å². The maximum Gasteiger partial charge on any atom is 0.0659 e. The van der Waals surface area contributed by atoms with Crippen molar-refractivity contribution in [1.82, 2.24) is 9.80 Å². The number of nitrogens with zero attached hydrogens (tertiary/aromatic N) is 2. The highest BCUT2D eigenvalue weighted by Gasteiger charge is 2.50. The van der Waals surface area contributed by atoms with Crippen molar-refractivity contribution in [3.05, 3.63) is 71.8 Å². The molecule has 2 unspecified atom stereocenters. The van der Waals surface area contributed by atoms with Gasteiger partial charge in [-0.05, 0) is 24.0 Å². The highest BCUT2D eigenvalue weighted by atomic mass is 16.5. The van der Waals surface area contributed by atoms with E-state index in [4.69, 9.17) is 4.74 Å². The van der Waals surface area contributed by atoms with Crippen LogP contribution in [0.1, 0.15) is 24.0 Å². The van der Waals surface area contributed by atoms with Crippen LogP contribution in [0.25, 0.3) is 0 Å². The molecule has 25 heavy (non-hydrogen) atoms. The average Bonchev–Trinajstić information content (AvgIpc) is 2.84. The van der Waals surface area contributed by atoms with Crippen LogP contribution in [0, 0.1) is 0 Å². The van der Waals surface area contributed by atoms with Crippen molar-refractivity contribution in [3.63, 3.8) is 0 Å². The van der Waals surface area contributed by atoms with Gasteiger partial charge in [0, 0.05) is 39.3 Å². The molecule has 2 heterocycles. The fourth-order valence-corrected chi connectivity index (χ4v) is 4.77.